The fourth-order valence-corrected chi connectivity index (χ4v) is 2.81. The number of carbonyl (C=O) groups is 1. The molecule has 0 aliphatic heterocycles. The van der Waals surface area contributed by atoms with E-state index in [0.29, 0.717) is 11.4 Å². The molecule has 2 N–H and O–H groups in total. The van der Waals surface area contributed by atoms with Crippen molar-refractivity contribution < 1.29 is 15.0 Å². The molecule has 1 aromatic heterocycles. The molecule has 1 aliphatic rings. The SMILES string of the molecule is O=C(O)c1cc2nc(C3CC3)sc2cc1O. The largest absolute Gasteiger partial charge is 0.507 e. The summed E-state index contributed by atoms with van der Waals surface area (Å²) in [4.78, 5) is 15.2. The van der Waals surface area contributed by atoms with Crippen LogP contribution in [-0.2, 0) is 0 Å². The lowest BCUT2D eigenvalue weighted by Crippen LogP contribution is -1.96. The molecule has 0 bridgehead atoms. The van der Waals surface area contributed by atoms with Crippen LogP contribution in [0.5, 0.6) is 5.75 Å². The van der Waals surface area contributed by atoms with Crippen LogP contribution in [0.15, 0.2) is 12.1 Å². The summed E-state index contributed by atoms with van der Waals surface area (Å²) < 4.78 is 0.851. The third-order valence-electron chi connectivity index (χ3n) is 2.68. The quantitative estimate of drug-likeness (QED) is 0.839. The number of thiazole rings is 1. The lowest BCUT2D eigenvalue weighted by Gasteiger charge is -1.97. The van der Waals surface area contributed by atoms with Gasteiger partial charge in [-0.25, -0.2) is 9.78 Å². The van der Waals surface area contributed by atoms with Crippen molar-refractivity contribution in [2.45, 2.75) is 18.8 Å². The molecule has 5 heteroatoms. The van der Waals surface area contributed by atoms with Crippen LogP contribution >= 0.6 is 11.3 Å². The summed E-state index contributed by atoms with van der Waals surface area (Å²) in [7, 11) is 0. The lowest BCUT2D eigenvalue weighted by atomic mass is 10.2. The highest BCUT2D eigenvalue weighted by Gasteiger charge is 2.27. The van der Waals surface area contributed by atoms with E-state index in [4.69, 9.17) is 5.11 Å². The standard InChI is InChI=1S/C11H9NO3S/c13-8-4-9-7(3-6(8)11(14)15)12-10(16-9)5-1-2-5/h3-5,13H,1-2H2,(H,14,15). The molecule has 16 heavy (non-hydrogen) atoms. The molecule has 0 atom stereocenters. The number of nitrogens with zero attached hydrogens (tertiary/aromatic N) is 1. The van der Waals surface area contributed by atoms with Crippen LogP contribution in [0, 0.1) is 0 Å². The molecule has 1 aromatic carbocycles. The van der Waals surface area contributed by atoms with Gasteiger partial charge in [0.1, 0.15) is 11.3 Å². The zero-order valence-electron chi connectivity index (χ0n) is 8.30. The molecule has 0 amide bonds. The van der Waals surface area contributed by atoms with Gasteiger partial charge in [-0.1, -0.05) is 0 Å². The molecule has 0 radical (unpaired) electrons. The predicted molar refractivity (Wildman–Crippen MR) is 60.2 cm³/mol. The van der Waals surface area contributed by atoms with E-state index in [2.05, 4.69) is 4.98 Å². The van der Waals surface area contributed by atoms with E-state index in [1.54, 1.807) is 0 Å². The van der Waals surface area contributed by atoms with Gasteiger partial charge in [-0.05, 0) is 18.9 Å². The van der Waals surface area contributed by atoms with E-state index in [9.17, 15) is 9.90 Å². The first kappa shape index (κ1) is 9.59. The van der Waals surface area contributed by atoms with E-state index >= 15 is 0 Å². The van der Waals surface area contributed by atoms with Gasteiger partial charge in [-0.3, -0.25) is 0 Å². The van der Waals surface area contributed by atoms with Crippen molar-refractivity contribution in [2.24, 2.45) is 0 Å². The Morgan fingerprint density at radius 3 is 2.81 bits per heavy atom. The Bertz CT molecular complexity index is 586. The Morgan fingerprint density at radius 1 is 1.44 bits per heavy atom. The minimum Gasteiger partial charge on any atom is -0.507 e. The van der Waals surface area contributed by atoms with Crippen molar-refractivity contribution in [1.82, 2.24) is 4.98 Å². The zero-order chi connectivity index (χ0) is 11.3. The number of hydrogen-bond donors (Lipinski definition) is 2. The Morgan fingerprint density at radius 2 is 2.19 bits per heavy atom. The van der Waals surface area contributed by atoms with Crippen LogP contribution in [0.1, 0.15) is 34.1 Å². The first-order chi connectivity index (χ1) is 7.65. The highest BCUT2D eigenvalue weighted by Crippen LogP contribution is 2.43. The van der Waals surface area contributed by atoms with Crippen molar-refractivity contribution >= 4 is 27.5 Å². The second-order valence-corrected chi connectivity index (χ2v) is 5.03. The van der Waals surface area contributed by atoms with Crippen molar-refractivity contribution in [3.8, 4) is 5.75 Å². The molecule has 3 rings (SSSR count). The van der Waals surface area contributed by atoms with E-state index in [-0.39, 0.29) is 11.3 Å². The maximum absolute atomic E-state index is 10.8. The number of rotatable bonds is 2. The third kappa shape index (κ3) is 1.44. The summed E-state index contributed by atoms with van der Waals surface area (Å²) >= 11 is 1.54. The Kier molecular flexibility index (Phi) is 1.91. The summed E-state index contributed by atoms with van der Waals surface area (Å²) in [6, 6.07) is 2.93. The number of fused-ring (bicyclic) bond motifs is 1. The Hall–Kier alpha value is -1.62. The number of aromatic hydroxyl groups is 1. The van der Waals surface area contributed by atoms with Gasteiger partial charge in [0.2, 0.25) is 0 Å². The Labute approximate surface area is 95.2 Å². The van der Waals surface area contributed by atoms with Crippen LogP contribution < -0.4 is 0 Å². The van der Waals surface area contributed by atoms with Crippen molar-refractivity contribution in [3.63, 3.8) is 0 Å². The number of carboxylic acid groups (broad SMARTS) is 1. The predicted octanol–water partition coefficient (Wildman–Crippen LogP) is 2.58. The molecular weight excluding hydrogens is 226 g/mol. The fourth-order valence-electron chi connectivity index (χ4n) is 1.66. The van der Waals surface area contributed by atoms with Crippen LogP contribution in [-0.4, -0.2) is 21.2 Å². The minimum absolute atomic E-state index is 0.0832. The zero-order valence-corrected chi connectivity index (χ0v) is 9.12. The maximum Gasteiger partial charge on any atom is 0.339 e. The highest BCUT2D eigenvalue weighted by molar-refractivity contribution is 7.18. The van der Waals surface area contributed by atoms with Gasteiger partial charge >= 0.3 is 5.97 Å². The lowest BCUT2D eigenvalue weighted by molar-refractivity contribution is 0.0694. The molecule has 82 valence electrons. The second kappa shape index (κ2) is 3.18. The number of hydrogen-bond acceptors (Lipinski definition) is 4. The molecule has 1 heterocycles. The molecule has 1 saturated carbocycles. The molecule has 2 aromatic rings. The summed E-state index contributed by atoms with van der Waals surface area (Å²) in [5, 5.41) is 19.5. The topological polar surface area (TPSA) is 70.4 Å². The fraction of sp³-hybridized carbons (Fsp3) is 0.273. The summed E-state index contributed by atoms with van der Waals surface area (Å²) in [5.74, 6) is -0.765. The minimum atomic E-state index is -1.12. The second-order valence-electron chi connectivity index (χ2n) is 3.97. The van der Waals surface area contributed by atoms with Crippen LogP contribution in [0.25, 0.3) is 10.2 Å². The van der Waals surface area contributed by atoms with Crippen molar-refractivity contribution in [1.29, 1.82) is 0 Å². The van der Waals surface area contributed by atoms with Gasteiger partial charge in [-0.2, -0.15) is 0 Å². The summed E-state index contributed by atoms with van der Waals surface area (Å²) in [6.07, 6.45) is 2.33. The van der Waals surface area contributed by atoms with E-state index < -0.39 is 5.97 Å². The van der Waals surface area contributed by atoms with Gasteiger partial charge in [-0.15, -0.1) is 11.3 Å². The summed E-state index contributed by atoms with van der Waals surface area (Å²) in [5.41, 5.74) is 0.585. The molecule has 4 nitrogen and oxygen atoms in total. The van der Waals surface area contributed by atoms with Gasteiger partial charge in [0.25, 0.3) is 0 Å². The average Bonchev–Trinajstić information content (AvgIpc) is 2.98. The number of carboxylic acids is 1. The highest BCUT2D eigenvalue weighted by atomic mass is 32.1. The van der Waals surface area contributed by atoms with Crippen molar-refractivity contribution in [3.05, 3.63) is 22.7 Å². The van der Waals surface area contributed by atoms with Crippen LogP contribution in [0.2, 0.25) is 0 Å². The average molecular weight is 235 g/mol. The Balaban J connectivity index is 2.19. The first-order valence-electron chi connectivity index (χ1n) is 5.02. The third-order valence-corrected chi connectivity index (χ3v) is 3.86. The number of aromatic carboxylic acids is 1. The van der Waals surface area contributed by atoms with E-state index in [0.717, 1.165) is 22.5 Å². The molecule has 0 saturated heterocycles. The number of phenols is 1. The molecule has 0 spiro atoms. The molecule has 1 aliphatic carbocycles. The maximum atomic E-state index is 10.8. The van der Waals surface area contributed by atoms with Crippen molar-refractivity contribution in [2.75, 3.05) is 0 Å². The van der Waals surface area contributed by atoms with Gasteiger partial charge < -0.3 is 10.2 Å². The smallest absolute Gasteiger partial charge is 0.339 e. The normalized spacial score (nSPS) is 15.5. The van der Waals surface area contributed by atoms with Gasteiger partial charge in [0, 0.05) is 12.0 Å². The number of benzene rings is 1. The van der Waals surface area contributed by atoms with Gasteiger partial charge in [0.15, 0.2) is 0 Å². The van der Waals surface area contributed by atoms with Crippen LogP contribution in [0.3, 0.4) is 0 Å². The van der Waals surface area contributed by atoms with E-state index in [1.807, 2.05) is 0 Å². The molecular formula is C11H9NO3S. The molecule has 1 fully saturated rings. The van der Waals surface area contributed by atoms with Gasteiger partial charge in [0.05, 0.1) is 15.2 Å². The monoisotopic (exact) mass is 235 g/mol. The molecule has 0 unspecified atom stereocenters. The number of aromatic nitrogens is 1. The van der Waals surface area contributed by atoms with Crippen LogP contribution in [0.4, 0.5) is 0 Å². The first-order valence-corrected chi connectivity index (χ1v) is 5.83. The van der Waals surface area contributed by atoms with E-state index in [1.165, 1.54) is 23.5 Å². The summed E-state index contributed by atoms with van der Waals surface area (Å²) in [6.45, 7) is 0.